The highest BCUT2D eigenvalue weighted by Crippen LogP contribution is 2.33. The highest BCUT2D eigenvalue weighted by molar-refractivity contribution is 8.00. The quantitative estimate of drug-likeness (QED) is 0.210. The van der Waals surface area contributed by atoms with Crippen LogP contribution in [0.3, 0.4) is 0 Å². The summed E-state index contributed by atoms with van der Waals surface area (Å²) in [6.45, 7) is 5.67. The van der Waals surface area contributed by atoms with E-state index >= 15 is 0 Å². The Bertz CT molecular complexity index is 1580. The molecule has 0 fully saturated rings. The third-order valence-corrected chi connectivity index (χ3v) is 8.92. The van der Waals surface area contributed by atoms with Gasteiger partial charge < -0.3 is 20.7 Å². The largest absolute Gasteiger partial charge is 0.416 e. The Balaban J connectivity index is 1.48. The van der Waals surface area contributed by atoms with Crippen LogP contribution < -0.4 is 16.0 Å². The van der Waals surface area contributed by atoms with Crippen molar-refractivity contribution in [2.24, 2.45) is 0 Å². The number of nitrogens with zero attached hydrogens (tertiary/aromatic N) is 2. The van der Waals surface area contributed by atoms with Crippen LogP contribution >= 0.6 is 11.6 Å². The van der Waals surface area contributed by atoms with E-state index in [2.05, 4.69) is 38.4 Å². The van der Waals surface area contributed by atoms with E-state index in [-0.39, 0.29) is 6.42 Å². The van der Waals surface area contributed by atoms with Gasteiger partial charge in [-0.2, -0.15) is 13.2 Å². The molecule has 0 saturated heterocycles. The second kappa shape index (κ2) is 13.6. The number of halogens is 4. The maximum Gasteiger partial charge on any atom is 0.416 e. The molecule has 0 radical (unpaired) electrons. The molecule has 0 saturated carbocycles. The first-order valence-corrected chi connectivity index (χ1v) is 15.7. The van der Waals surface area contributed by atoms with Crippen molar-refractivity contribution in [2.45, 2.75) is 19.0 Å². The highest BCUT2D eigenvalue weighted by Gasteiger charge is 2.30. The van der Waals surface area contributed by atoms with E-state index in [9.17, 15) is 17.4 Å². The number of aromatic nitrogens is 2. The average Bonchev–Trinajstić information content (AvgIpc) is 3.17. The van der Waals surface area contributed by atoms with Crippen LogP contribution in [-0.4, -0.2) is 58.4 Å². The van der Waals surface area contributed by atoms with Crippen molar-refractivity contribution >= 4 is 50.4 Å². The van der Waals surface area contributed by atoms with E-state index in [0.717, 1.165) is 23.3 Å². The third-order valence-electron chi connectivity index (χ3n) is 6.71. The number of methoxy groups -OCH3 is 1. The second-order valence-corrected chi connectivity index (χ2v) is 13.1. The van der Waals surface area contributed by atoms with Crippen molar-refractivity contribution in [1.29, 1.82) is 0 Å². The minimum Gasteiger partial charge on any atom is -0.384 e. The molecule has 3 N–H and O–H groups in total. The van der Waals surface area contributed by atoms with E-state index in [1.54, 1.807) is 31.4 Å². The van der Waals surface area contributed by atoms with Crippen molar-refractivity contribution in [3.05, 3.63) is 93.9 Å². The van der Waals surface area contributed by atoms with Gasteiger partial charge in [0.1, 0.15) is 18.0 Å². The molecule has 1 aliphatic rings. The van der Waals surface area contributed by atoms with E-state index in [0.29, 0.717) is 76.8 Å². The number of alkyl halides is 3. The molecule has 0 amide bonds. The SMILES string of the molecule is C=C(NCCS(=C)(=O)CCOC)C1=Cc2c(ncnc2Nc2ccc(Cc3cccc(C(F)(F)F)c3)c(Cl)c2)NCC1. The lowest BCUT2D eigenvalue weighted by Gasteiger charge is -2.15. The summed E-state index contributed by atoms with van der Waals surface area (Å²) in [7, 11) is -0.675. The Hall–Kier alpha value is -3.54. The maximum absolute atomic E-state index is 13.1. The summed E-state index contributed by atoms with van der Waals surface area (Å²) in [6.07, 6.45) is -0.0548. The molecular weight excluding hydrogens is 587 g/mol. The number of ether oxygens (including phenoxy) is 1. The zero-order chi connectivity index (χ0) is 30.3. The van der Waals surface area contributed by atoms with Gasteiger partial charge in [-0.1, -0.05) is 42.4 Å². The molecule has 2 heterocycles. The van der Waals surface area contributed by atoms with Crippen molar-refractivity contribution in [1.82, 2.24) is 15.3 Å². The Morgan fingerprint density at radius 2 is 2.00 bits per heavy atom. The van der Waals surface area contributed by atoms with Crippen LogP contribution in [0.5, 0.6) is 0 Å². The van der Waals surface area contributed by atoms with E-state index in [4.69, 9.17) is 16.3 Å². The fourth-order valence-electron chi connectivity index (χ4n) is 4.39. The number of hydrogen-bond donors (Lipinski definition) is 3. The number of rotatable bonds is 12. The Labute approximate surface area is 249 Å². The summed E-state index contributed by atoms with van der Waals surface area (Å²) in [5.41, 5.74) is 3.57. The van der Waals surface area contributed by atoms with Crippen molar-refractivity contribution in [3.63, 3.8) is 0 Å². The standard InChI is InChI=1S/C30H33ClF3N5O2S/c1-20(35-11-13-42(3,40)14-12-41-2)22-9-10-36-28-26(17-22)29(38-19-37-28)39-25-8-7-23(27(31)18-25)15-21-5-4-6-24(16-21)30(32,33)34/h4-8,16-19,35H,1,3,9-15H2,2H3,(H2,36,37,38,39). The van der Waals surface area contributed by atoms with Crippen molar-refractivity contribution in [2.75, 3.05) is 48.9 Å². The van der Waals surface area contributed by atoms with Crippen molar-refractivity contribution in [3.8, 4) is 0 Å². The summed E-state index contributed by atoms with van der Waals surface area (Å²) < 4.78 is 56.9. The number of allylic oxidation sites excluding steroid dienone is 1. The van der Waals surface area contributed by atoms with Crippen LogP contribution in [0.1, 0.15) is 28.7 Å². The number of benzene rings is 2. The number of anilines is 3. The van der Waals surface area contributed by atoms with Gasteiger partial charge in [-0.15, -0.1) is 0 Å². The minimum atomic E-state index is -4.41. The van der Waals surface area contributed by atoms with Crippen molar-refractivity contribution < 1.29 is 22.1 Å². The smallest absolute Gasteiger partial charge is 0.384 e. The molecule has 2 aromatic carbocycles. The van der Waals surface area contributed by atoms with Crippen LogP contribution in [0.25, 0.3) is 6.08 Å². The molecule has 1 aliphatic heterocycles. The van der Waals surface area contributed by atoms with Gasteiger partial charge in [0.05, 0.1) is 17.7 Å². The highest BCUT2D eigenvalue weighted by atomic mass is 35.5. The van der Waals surface area contributed by atoms with Gasteiger partial charge in [-0.3, -0.25) is 4.21 Å². The lowest BCUT2D eigenvalue weighted by molar-refractivity contribution is -0.137. The van der Waals surface area contributed by atoms with E-state index in [1.165, 1.54) is 12.4 Å². The first-order chi connectivity index (χ1) is 19.9. The van der Waals surface area contributed by atoms with Crippen LogP contribution in [0, 0.1) is 0 Å². The molecule has 42 heavy (non-hydrogen) atoms. The Kier molecular flexibility index (Phi) is 10.2. The minimum absolute atomic E-state index is 0.256. The van der Waals surface area contributed by atoms with Crippen LogP contribution in [0.4, 0.5) is 30.5 Å². The number of hydrogen-bond acceptors (Lipinski definition) is 7. The summed E-state index contributed by atoms with van der Waals surface area (Å²) in [6, 6.07) is 10.5. The molecule has 4 rings (SSSR count). The fraction of sp³-hybridized carbons (Fsp3) is 0.300. The topological polar surface area (TPSA) is 88.2 Å². The summed E-state index contributed by atoms with van der Waals surface area (Å²) in [4.78, 5) is 8.81. The van der Waals surface area contributed by atoms with Gasteiger partial charge in [0.2, 0.25) is 0 Å². The molecule has 12 heteroatoms. The predicted molar refractivity (Wildman–Crippen MR) is 166 cm³/mol. The lowest BCUT2D eigenvalue weighted by Crippen LogP contribution is -2.25. The van der Waals surface area contributed by atoms with Crippen LogP contribution in [-0.2, 0) is 26.9 Å². The molecule has 7 nitrogen and oxygen atoms in total. The molecular formula is C30H33ClF3N5O2S. The first-order valence-electron chi connectivity index (χ1n) is 13.2. The van der Waals surface area contributed by atoms with Gasteiger partial charge >= 0.3 is 6.18 Å². The summed E-state index contributed by atoms with van der Waals surface area (Å²) in [5, 5.41) is 10.3. The monoisotopic (exact) mass is 619 g/mol. The van der Waals surface area contributed by atoms with Gasteiger partial charge in [-0.05, 0) is 69.2 Å². The van der Waals surface area contributed by atoms with Gasteiger partial charge in [0.25, 0.3) is 0 Å². The lowest BCUT2D eigenvalue weighted by atomic mass is 10.0. The zero-order valence-electron chi connectivity index (χ0n) is 23.2. The molecule has 1 aromatic heterocycles. The first kappa shape index (κ1) is 31.4. The normalized spacial score (nSPS) is 14.5. The second-order valence-electron chi connectivity index (χ2n) is 9.91. The van der Waals surface area contributed by atoms with Gasteiger partial charge in [0.15, 0.2) is 0 Å². The molecule has 224 valence electrons. The maximum atomic E-state index is 13.1. The molecule has 3 aromatic rings. The average molecular weight is 620 g/mol. The fourth-order valence-corrected chi connectivity index (χ4v) is 5.79. The summed E-state index contributed by atoms with van der Waals surface area (Å²) in [5.74, 6) is 5.84. The van der Waals surface area contributed by atoms with Crippen LogP contribution in [0.2, 0.25) is 5.02 Å². The predicted octanol–water partition coefficient (Wildman–Crippen LogP) is 6.15. The van der Waals surface area contributed by atoms with E-state index in [1.807, 2.05) is 6.08 Å². The van der Waals surface area contributed by atoms with Gasteiger partial charge in [-0.25, -0.2) is 9.97 Å². The molecule has 0 spiro atoms. The molecule has 0 aliphatic carbocycles. The Morgan fingerprint density at radius 3 is 2.74 bits per heavy atom. The zero-order valence-corrected chi connectivity index (χ0v) is 24.8. The van der Waals surface area contributed by atoms with E-state index < -0.39 is 21.3 Å². The molecule has 0 bridgehead atoms. The summed E-state index contributed by atoms with van der Waals surface area (Å²) >= 11 is 6.55. The number of nitrogens with one attached hydrogen (secondary N) is 3. The molecule has 1 unspecified atom stereocenters. The number of fused-ring (bicyclic) bond motifs is 1. The third kappa shape index (κ3) is 8.50. The van der Waals surface area contributed by atoms with Crippen LogP contribution in [0.15, 0.2) is 66.6 Å². The van der Waals surface area contributed by atoms with Gasteiger partial charge in [0, 0.05) is 48.1 Å². The molecule has 1 atom stereocenters. The Morgan fingerprint density at radius 1 is 1.19 bits per heavy atom.